The number of hydrogen-bond acceptors (Lipinski definition) is 6. The summed E-state index contributed by atoms with van der Waals surface area (Å²) in [4.78, 5) is 47.7. The molecule has 14 heteroatoms. The molecule has 1 aliphatic heterocycles. The second-order valence-corrected chi connectivity index (χ2v) is 8.58. The molecule has 1 aromatic rings. The predicted molar refractivity (Wildman–Crippen MR) is 124 cm³/mol. The molecule has 0 saturated carbocycles. The molecular weight excluding hydrogens is 511 g/mol. The number of anilines is 1. The molecule has 0 aromatic heterocycles. The van der Waals surface area contributed by atoms with Crippen LogP contribution >= 0.6 is 11.6 Å². The summed E-state index contributed by atoms with van der Waals surface area (Å²) in [6.45, 7) is 6.31. The number of benzene rings is 1. The number of carbonyl (C=O) groups is 4. The number of ether oxygens (including phenoxy) is 2. The van der Waals surface area contributed by atoms with Crippen LogP contribution in [0.1, 0.15) is 33.6 Å². The smallest absolute Gasteiger partial charge is 0.490 e. The fourth-order valence-electron chi connectivity index (χ4n) is 3.22. The number of nitrogens with one attached hydrogen (secondary N) is 2. The van der Waals surface area contributed by atoms with Crippen molar-refractivity contribution >= 4 is 41.2 Å². The van der Waals surface area contributed by atoms with Gasteiger partial charge >= 0.3 is 24.1 Å². The van der Waals surface area contributed by atoms with Gasteiger partial charge in [-0.05, 0) is 51.8 Å². The first-order valence-electron chi connectivity index (χ1n) is 10.8. The fraction of sp³-hybridized carbons (Fsp3) is 0.545. The minimum Gasteiger partial charge on any atom is -0.495 e. The Morgan fingerprint density at radius 1 is 1.17 bits per heavy atom. The summed E-state index contributed by atoms with van der Waals surface area (Å²) in [6.07, 6.45) is -3.98. The summed E-state index contributed by atoms with van der Waals surface area (Å²) in [5.74, 6) is -2.86. The van der Waals surface area contributed by atoms with E-state index in [4.69, 9.17) is 31.0 Å². The number of carboxylic acid groups (broad SMARTS) is 1. The van der Waals surface area contributed by atoms with Crippen LogP contribution in [0.15, 0.2) is 18.2 Å². The molecule has 0 bridgehead atoms. The number of aliphatic carboxylic acids is 1. The Labute approximate surface area is 211 Å². The van der Waals surface area contributed by atoms with Crippen molar-refractivity contribution in [1.29, 1.82) is 0 Å². The van der Waals surface area contributed by atoms with E-state index in [9.17, 15) is 27.6 Å². The lowest BCUT2D eigenvalue weighted by Gasteiger charge is -2.36. The van der Waals surface area contributed by atoms with Crippen LogP contribution in [0.25, 0.3) is 0 Å². The third-order valence-corrected chi connectivity index (χ3v) is 5.31. The predicted octanol–water partition coefficient (Wildman–Crippen LogP) is 3.68. The van der Waals surface area contributed by atoms with Crippen LogP contribution in [0.2, 0.25) is 5.02 Å². The van der Waals surface area contributed by atoms with Crippen molar-refractivity contribution in [3.8, 4) is 5.75 Å². The number of amides is 3. The third kappa shape index (κ3) is 9.44. The molecule has 36 heavy (non-hydrogen) atoms. The molecule has 2 rings (SSSR count). The maximum absolute atomic E-state index is 12.9. The summed E-state index contributed by atoms with van der Waals surface area (Å²) in [5.41, 5.74) is -0.635. The second-order valence-electron chi connectivity index (χ2n) is 8.17. The highest BCUT2D eigenvalue weighted by Gasteiger charge is 2.38. The van der Waals surface area contributed by atoms with Crippen molar-refractivity contribution in [2.45, 2.75) is 45.3 Å². The molecule has 3 N–H and O–H groups in total. The highest BCUT2D eigenvalue weighted by molar-refractivity contribution is 6.32. The maximum atomic E-state index is 12.9. The lowest BCUT2D eigenvalue weighted by molar-refractivity contribution is -0.192. The van der Waals surface area contributed by atoms with Crippen molar-refractivity contribution in [3.05, 3.63) is 23.2 Å². The molecule has 0 atom stereocenters. The average Bonchev–Trinajstić information content (AvgIpc) is 2.78. The van der Waals surface area contributed by atoms with E-state index < -0.39 is 23.7 Å². The van der Waals surface area contributed by atoms with E-state index in [1.54, 1.807) is 43.9 Å². The number of hydrogen-bond donors (Lipinski definition) is 3. The number of piperidine rings is 1. The first-order valence-corrected chi connectivity index (χ1v) is 11.2. The number of methoxy groups -OCH3 is 1. The van der Waals surface area contributed by atoms with Crippen LogP contribution in [-0.4, -0.2) is 72.4 Å². The zero-order valence-corrected chi connectivity index (χ0v) is 21.0. The van der Waals surface area contributed by atoms with Gasteiger partial charge in [-0.25, -0.2) is 9.59 Å². The van der Waals surface area contributed by atoms with E-state index in [0.29, 0.717) is 49.0 Å². The number of nitrogens with zero attached hydrogens (tertiary/aromatic N) is 1. The van der Waals surface area contributed by atoms with Crippen LogP contribution in [-0.2, 0) is 19.1 Å². The van der Waals surface area contributed by atoms with Crippen LogP contribution in [0.5, 0.6) is 5.75 Å². The molecule has 0 unspecified atom stereocenters. The van der Waals surface area contributed by atoms with Crippen LogP contribution in [0.4, 0.5) is 23.7 Å². The zero-order chi connectivity index (χ0) is 27.7. The Balaban J connectivity index is 0.000000809. The Morgan fingerprint density at radius 3 is 2.17 bits per heavy atom. The van der Waals surface area contributed by atoms with E-state index >= 15 is 0 Å². The molecule has 1 heterocycles. The Bertz CT molecular complexity index is 949. The van der Waals surface area contributed by atoms with Gasteiger partial charge in [-0.15, -0.1) is 0 Å². The normalized spacial score (nSPS) is 14.2. The topological polar surface area (TPSA) is 134 Å². The van der Waals surface area contributed by atoms with Gasteiger partial charge in [-0.3, -0.25) is 9.59 Å². The van der Waals surface area contributed by atoms with E-state index in [-0.39, 0.29) is 17.8 Å². The maximum Gasteiger partial charge on any atom is 0.490 e. The molecule has 1 aromatic carbocycles. The van der Waals surface area contributed by atoms with Gasteiger partial charge in [0.15, 0.2) is 0 Å². The van der Waals surface area contributed by atoms with Gasteiger partial charge in [-0.1, -0.05) is 11.6 Å². The average molecular weight is 540 g/mol. The molecular formula is C22H29ClF3N3O7. The zero-order valence-electron chi connectivity index (χ0n) is 20.2. The minimum atomic E-state index is -5.08. The summed E-state index contributed by atoms with van der Waals surface area (Å²) < 4.78 is 41.9. The molecule has 0 spiro atoms. The van der Waals surface area contributed by atoms with Crippen molar-refractivity contribution in [2.75, 3.05) is 32.1 Å². The molecule has 1 aliphatic rings. The van der Waals surface area contributed by atoms with Gasteiger partial charge in [0, 0.05) is 18.8 Å². The number of alkyl halides is 3. The van der Waals surface area contributed by atoms with E-state index in [2.05, 4.69) is 10.6 Å². The number of carboxylic acids is 1. The first kappa shape index (κ1) is 30.8. The van der Waals surface area contributed by atoms with Gasteiger partial charge in [0.05, 0.1) is 24.7 Å². The Kier molecular flexibility index (Phi) is 11.3. The summed E-state index contributed by atoms with van der Waals surface area (Å²) >= 11 is 6.06. The largest absolute Gasteiger partial charge is 0.495 e. The van der Waals surface area contributed by atoms with Crippen LogP contribution in [0.3, 0.4) is 0 Å². The Morgan fingerprint density at radius 2 is 1.72 bits per heavy atom. The highest BCUT2D eigenvalue weighted by Crippen LogP contribution is 2.27. The second kappa shape index (κ2) is 13.2. The Hall–Kier alpha value is -3.22. The third-order valence-electron chi connectivity index (χ3n) is 5.01. The molecule has 202 valence electrons. The van der Waals surface area contributed by atoms with Crippen molar-refractivity contribution in [3.63, 3.8) is 0 Å². The van der Waals surface area contributed by atoms with E-state index in [1.165, 1.54) is 7.11 Å². The lowest BCUT2D eigenvalue weighted by Crippen LogP contribution is -2.58. The van der Waals surface area contributed by atoms with Crippen LogP contribution in [0, 0.1) is 5.92 Å². The minimum absolute atomic E-state index is 0.182. The molecule has 3 amide bonds. The van der Waals surface area contributed by atoms with Gasteiger partial charge in [-0.2, -0.15) is 13.2 Å². The SMILES string of the molecule is CCOC(=O)C1CCN(C(=O)C(C)(C)NC(=O)Nc2ccc(OC)c(Cl)c2)CC1.O=C(O)C(F)(F)F. The van der Waals surface area contributed by atoms with Gasteiger partial charge in [0.2, 0.25) is 5.91 Å². The van der Waals surface area contributed by atoms with Gasteiger partial charge < -0.3 is 30.1 Å². The fourth-order valence-corrected chi connectivity index (χ4v) is 3.48. The van der Waals surface area contributed by atoms with E-state index in [0.717, 1.165) is 0 Å². The summed E-state index contributed by atoms with van der Waals surface area (Å²) in [5, 5.41) is 12.8. The van der Waals surface area contributed by atoms with Crippen molar-refractivity contribution in [1.82, 2.24) is 10.2 Å². The lowest BCUT2D eigenvalue weighted by atomic mass is 9.94. The monoisotopic (exact) mass is 539 g/mol. The van der Waals surface area contributed by atoms with E-state index in [1.807, 2.05) is 0 Å². The first-order chi connectivity index (χ1) is 16.6. The van der Waals surface area contributed by atoms with Gasteiger partial charge in [0.25, 0.3) is 0 Å². The molecule has 10 nitrogen and oxygen atoms in total. The summed E-state index contributed by atoms with van der Waals surface area (Å²) in [6, 6.07) is 4.34. The number of esters is 1. The van der Waals surface area contributed by atoms with Crippen molar-refractivity contribution < 1.29 is 46.9 Å². The summed E-state index contributed by atoms with van der Waals surface area (Å²) in [7, 11) is 1.50. The molecule has 0 radical (unpaired) electrons. The number of rotatable bonds is 6. The van der Waals surface area contributed by atoms with Crippen LogP contribution < -0.4 is 15.4 Å². The van der Waals surface area contributed by atoms with Crippen molar-refractivity contribution in [2.24, 2.45) is 5.92 Å². The number of halogens is 4. The number of carbonyl (C=O) groups excluding carboxylic acids is 3. The molecule has 0 aliphatic carbocycles. The highest BCUT2D eigenvalue weighted by atomic mass is 35.5. The standard InChI is InChI=1S/C20H28ClN3O5.C2HF3O2/c1-5-29-17(25)13-8-10-24(11-9-13)18(26)20(2,3)23-19(27)22-14-6-7-16(28-4)15(21)12-14;3-2(4,5)1(6)7/h6-7,12-13H,5,8-11H2,1-4H3,(H2,22,23,27);(H,6,7). The van der Waals surface area contributed by atoms with Gasteiger partial charge in [0.1, 0.15) is 11.3 Å². The number of likely N-dealkylation sites (tertiary alicyclic amines) is 1. The molecule has 1 fully saturated rings. The number of urea groups is 1. The molecule has 1 saturated heterocycles. The quantitative estimate of drug-likeness (QED) is 0.469.